The first-order valence-corrected chi connectivity index (χ1v) is 4.65. The van der Waals surface area contributed by atoms with Crippen molar-refractivity contribution in [2.24, 2.45) is 0 Å². The van der Waals surface area contributed by atoms with Crippen LogP contribution in [0, 0.1) is 0 Å². The molecule has 4 nitrogen and oxygen atoms in total. The average molecular weight is 233 g/mol. The smallest absolute Gasteiger partial charge is 0.282 e. The van der Waals surface area contributed by atoms with E-state index in [1.807, 2.05) is 0 Å². The van der Waals surface area contributed by atoms with Crippen LogP contribution in [-0.2, 0) is 6.54 Å². The van der Waals surface area contributed by atoms with Crippen molar-refractivity contribution >= 4 is 0 Å². The van der Waals surface area contributed by atoms with Crippen molar-refractivity contribution in [3.63, 3.8) is 0 Å². The molecule has 0 amide bonds. The highest BCUT2D eigenvalue weighted by atomic mass is 19.3. The van der Waals surface area contributed by atoms with E-state index in [4.69, 9.17) is 10.2 Å². The number of hydrogen-bond donors (Lipinski definition) is 4. The number of aromatic hydroxyl groups is 2. The summed E-state index contributed by atoms with van der Waals surface area (Å²) in [5, 5.41) is 29.2. The molecule has 0 saturated carbocycles. The van der Waals surface area contributed by atoms with Crippen molar-refractivity contribution in [3.8, 4) is 11.5 Å². The molecule has 0 atom stereocenters. The third-order valence-corrected chi connectivity index (χ3v) is 2.03. The number of para-hydroxylation sites is 1. The van der Waals surface area contributed by atoms with Crippen LogP contribution >= 0.6 is 0 Å². The second-order valence-corrected chi connectivity index (χ2v) is 3.40. The fraction of sp³-hybridized carbons (Fsp3) is 0.400. The van der Waals surface area contributed by atoms with E-state index in [9.17, 15) is 13.9 Å². The number of rotatable bonds is 5. The number of hydrogen-bond acceptors (Lipinski definition) is 4. The Hall–Kier alpha value is -1.40. The molecule has 1 aromatic rings. The van der Waals surface area contributed by atoms with E-state index in [1.165, 1.54) is 18.2 Å². The Morgan fingerprint density at radius 2 is 1.94 bits per heavy atom. The van der Waals surface area contributed by atoms with Gasteiger partial charge in [-0.05, 0) is 6.07 Å². The Labute approximate surface area is 91.2 Å². The average Bonchev–Trinajstić information content (AvgIpc) is 2.24. The van der Waals surface area contributed by atoms with Crippen LogP contribution in [0.25, 0.3) is 0 Å². The number of aliphatic hydroxyl groups is 1. The number of benzene rings is 1. The lowest BCUT2D eigenvalue weighted by Crippen LogP contribution is -2.35. The summed E-state index contributed by atoms with van der Waals surface area (Å²) in [6.45, 7) is -1.94. The summed E-state index contributed by atoms with van der Waals surface area (Å²) in [6.07, 6.45) is 0. The maximum Gasteiger partial charge on any atom is 0.282 e. The lowest BCUT2D eigenvalue weighted by molar-refractivity contribution is -0.0478. The Morgan fingerprint density at radius 3 is 2.56 bits per heavy atom. The van der Waals surface area contributed by atoms with Crippen LogP contribution in [0.5, 0.6) is 11.5 Å². The molecule has 1 aromatic carbocycles. The minimum absolute atomic E-state index is 0.0180. The highest BCUT2D eigenvalue weighted by Gasteiger charge is 2.26. The van der Waals surface area contributed by atoms with E-state index in [0.717, 1.165) is 0 Å². The van der Waals surface area contributed by atoms with Crippen molar-refractivity contribution in [3.05, 3.63) is 23.8 Å². The zero-order valence-electron chi connectivity index (χ0n) is 8.45. The number of phenols is 2. The van der Waals surface area contributed by atoms with Gasteiger partial charge in [-0.15, -0.1) is 0 Å². The van der Waals surface area contributed by atoms with E-state index < -0.39 is 19.1 Å². The molecule has 0 heterocycles. The molecule has 0 aliphatic carbocycles. The molecule has 1 rings (SSSR count). The molecule has 0 fully saturated rings. The van der Waals surface area contributed by atoms with Gasteiger partial charge >= 0.3 is 0 Å². The van der Waals surface area contributed by atoms with Gasteiger partial charge in [0.25, 0.3) is 5.92 Å². The number of halogens is 2. The Balaban J connectivity index is 2.53. The summed E-state index contributed by atoms with van der Waals surface area (Å²) in [5.41, 5.74) is 0.314. The van der Waals surface area contributed by atoms with E-state index in [2.05, 4.69) is 5.32 Å². The van der Waals surface area contributed by atoms with E-state index in [-0.39, 0.29) is 18.0 Å². The van der Waals surface area contributed by atoms with Gasteiger partial charge in [-0.1, -0.05) is 12.1 Å². The number of alkyl halides is 2. The molecule has 16 heavy (non-hydrogen) atoms. The molecule has 0 unspecified atom stereocenters. The fourth-order valence-corrected chi connectivity index (χ4v) is 1.16. The van der Waals surface area contributed by atoms with Crippen LogP contribution < -0.4 is 5.32 Å². The number of phenolic OH excluding ortho intramolecular Hbond substituents is 2. The first-order chi connectivity index (χ1) is 7.46. The fourth-order valence-electron chi connectivity index (χ4n) is 1.16. The number of aliphatic hydroxyl groups excluding tert-OH is 1. The maximum atomic E-state index is 12.6. The minimum Gasteiger partial charge on any atom is -0.504 e. The quantitative estimate of drug-likeness (QED) is 0.568. The van der Waals surface area contributed by atoms with Crippen LogP contribution in [0.2, 0.25) is 0 Å². The van der Waals surface area contributed by atoms with Crippen molar-refractivity contribution in [1.29, 1.82) is 0 Å². The summed E-state index contributed by atoms with van der Waals surface area (Å²) >= 11 is 0. The maximum absolute atomic E-state index is 12.6. The highest BCUT2D eigenvalue weighted by molar-refractivity contribution is 5.44. The van der Waals surface area contributed by atoms with Gasteiger partial charge in [0, 0.05) is 12.1 Å². The molecule has 0 bridgehead atoms. The first kappa shape index (κ1) is 12.7. The monoisotopic (exact) mass is 233 g/mol. The topological polar surface area (TPSA) is 72.7 Å². The molecule has 6 heteroatoms. The SMILES string of the molecule is OCC(F)(F)CNCc1cccc(O)c1O. The van der Waals surface area contributed by atoms with Gasteiger partial charge in [-0.2, -0.15) is 0 Å². The molecule has 90 valence electrons. The molecule has 0 aliphatic heterocycles. The van der Waals surface area contributed by atoms with Crippen LogP contribution in [0.3, 0.4) is 0 Å². The van der Waals surface area contributed by atoms with Crippen LogP contribution in [-0.4, -0.2) is 34.4 Å². The zero-order valence-corrected chi connectivity index (χ0v) is 8.45. The molecule has 4 N–H and O–H groups in total. The van der Waals surface area contributed by atoms with Gasteiger partial charge in [0.15, 0.2) is 11.5 Å². The molecule has 0 spiro atoms. The zero-order chi connectivity index (χ0) is 12.2. The third-order valence-electron chi connectivity index (χ3n) is 2.03. The predicted octanol–water partition coefficient (Wildman–Crippen LogP) is 0.815. The summed E-state index contributed by atoms with van der Waals surface area (Å²) in [6, 6.07) is 4.29. The van der Waals surface area contributed by atoms with Gasteiger partial charge in [-0.25, -0.2) is 8.78 Å². The summed E-state index contributed by atoms with van der Waals surface area (Å²) < 4.78 is 25.2. The van der Waals surface area contributed by atoms with Gasteiger partial charge < -0.3 is 20.6 Å². The van der Waals surface area contributed by atoms with Gasteiger partial charge in [0.1, 0.15) is 6.61 Å². The molecular weight excluding hydrogens is 220 g/mol. The summed E-state index contributed by atoms with van der Waals surface area (Å²) in [4.78, 5) is 0. The lowest BCUT2D eigenvalue weighted by atomic mass is 10.2. The van der Waals surface area contributed by atoms with Crippen LogP contribution in [0.4, 0.5) is 8.78 Å². The predicted molar refractivity (Wildman–Crippen MR) is 53.5 cm³/mol. The van der Waals surface area contributed by atoms with E-state index in [1.54, 1.807) is 0 Å². The first-order valence-electron chi connectivity index (χ1n) is 4.65. The summed E-state index contributed by atoms with van der Waals surface area (Å²) in [7, 11) is 0. The van der Waals surface area contributed by atoms with Crippen molar-refractivity contribution in [1.82, 2.24) is 5.32 Å². The molecule has 0 aromatic heterocycles. The summed E-state index contributed by atoms with van der Waals surface area (Å²) in [5.74, 6) is -3.82. The Morgan fingerprint density at radius 1 is 1.25 bits per heavy atom. The third kappa shape index (κ3) is 3.32. The minimum atomic E-state index is -3.19. The number of nitrogens with one attached hydrogen (secondary N) is 1. The normalized spacial score (nSPS) is 11.7. The standard InChI is InChI=1S/C10H13F2NO3/c11-10(12,6-14)5-13-4-7-2-1-3-8(15)9(7)16/h1-3,13-16H,4-6H2. The van der Waals surface area contributed by atoms with Gasteiger partial charge in [0.2, 0.25) is 0 Å². The van der Waals surface area contributed by atoms with E-state index >= 15 is 0 Å². The lowest BCUT2D eigenvalue weighted by Gasteiger charge is -2.14. The van der Waals surface area contributed by atoms with Crippen LogP contribution in [0.15, 0.2) is 18.2 Å². The molecular formula is C10H13F2NO3. The van der Waals surface area contributed by atoms with Gasteiger partial charge in [-0.3, -0.25) is 0 Å². The second kappa shape index (κ2) is 5.09. The van der Waals surface area contributed by atoms with Gasteiger partial charge in [0.05, 0.1) is 6.54 Å². The second-order valence-electron chi connectivity index (χ2n) is 3.40. The molecule has 0 aliphatic rings. The van der Waals surface area contributed by atoms with Crippen molar-refractivity contribution in [2.75, 3.05) is 13.2 Å². The highest BCUT2D eigenvalue weighted by Crippen LogP contribution is 2.27. The molecule has 0 saturated heterocycles. The molecule has 0 radical (unpaired) electrons. The largest absolute Gasteiger partial charge is 0.504 e. The van der Waals surface area contributed by atoms with Crippen LogP contribution in [0.1, 0.15) is 5.56 Å². The van der Waals surface area contributed by atoms with E-state index in [0.29, 0.717) is 5.56 Å². The van der Waals surface area contributed by atoms with Crippen molar-refractivity contribution < 1.29 is 24.1 Å². The van der Waals surface area contributed by atoms with Crippen molar-refractivity contribution in [2.45, 2.75) is 12.5 Å². The Bertz CT molecular complexity index is 358. The Kier molecular flexibility index (Phi) is 4.03.